The molecule has 10 rings (SSSR count). The third-order valence-electron chi connectivity index (χ3n) is 11.7. The second-order valence-electron chi connectivity index (χ2n) is 13.6. The SMILES string of the molecule is O=C(Nc1ccccc1)[C@@H]1N(Cc2ccccc2)[C@@]23CC[C@]1(O)[C@@H]1Oc4c(O)ccc5c4[C@@]12CCN(CC1CC1)[C@@H]3C5. The molecule has 3 N–H and O–H groups in total. The summed E-state index contributed by atoms with van der Waals surface area (Å²) >= 11 is 0. The van der Waals surface area contributed by atoms with E-state index in [4.69, 9.17) is 4.74 Å². The van der Waals surface area contributed by atoms with Crippen molar-refractivity contribution >= 4 is 11.6 Å². The first-order valence-corrected chi connectivity index (χ1v) is 15.6. The van der Waals surface area contributed by atoms with Crippen LogP contribution in [0, 0.1) is 5.92 Å². The molecule has 6 atom stereocenters. The zero-order valence-corrected chi connectivity index (χ0v) is 23.7. The number of fused-ring (bicyclic) bond motifs is 2. The van der Waals surface area contributed by atoms with Crippen LogP contribution in [-0.2, 0) is 23.2 Å². The number of carbonyl (C=O) groups excluding carboxylic acids is 1. The maximum Gasteiger partial charge on any atom is 0.244 e. The number of nitrogens with zero attached hydrogens (tertiary/aromatic N) is 2. The van der Waals surface area contributed by atoms with Gasteiger partial charge >= 0.3 is 0 Å². The summed E-state index contributed by atoms with van der Waals surface area (Å²) in [4.78, 5) is 19.6. The molecule has 2 saturated carbocycles. The van der Waals surface area contributed by atoms with Crippen molar-refractivity contribution in [2.45, 2.75) is 79.8 Å². The molecule has 4 bridgehead atoms. The average Bonchev–Trinajstić information content (AvgIpc) is 3.74. The lowest BCUT2D eigenvalue weighted by Gasteiger charge is -2.76. The van der Waals surface area contributed by atoms with E-state index >= 15 is 0 Å². The molecular weight excluding hydrogens is 526 g/mol. The summed E-state index contributed by atoms with van der Waals surface area (Å²) in [5.74, 6) is 1.20. The molecule has 7 nitrogen and oxygen atoms in total. The molecule has 7 aliphatic rings. The van der Waals surface area contributed by atoms with Crippen molar-refractivity contribution in [2.75, 3.05) is 18.4 Å². The summed E-state index contributed by atoms with van der Waals surface area (Å²) in [5, 5.41) is 27.2. The van der Waals surface area contributed by atoms with Crippen LogP contribution >= 0.6 is 0 Å². The Morgan fingerprint density at radius 1 is 0.976 bits per heavy atom. The highest BCUT2D eigenvalue weighted by Crippen LogP contribution is 2.72. The molecule has 3 aromatic carbocycles. The molecule has 0 radical (unpaired) electrons. The minimum absolute atomic E-state index is 0.134. The highest BCUT2D eigenvalue weighted by Gasteiger charge is 2.83. The standard InChI is InChI=1S/C35H37N3O4/c39-26-14-13-24-19-27-35-16-15-34(41,32-33(35,28(24)29(26)42-32)17-18-37(27)20-23-11-12-23)30(31(40)36-25-9-5-2-6-10-25)38(35)21-22-7-3-1-4-8-22/h1-10,13-14,23,27,30,32,39,41H,11-12,15-21H2,(H,36,40)/t27-,30+,32-,33+,34-,35-/m1/s1. The predicted octanol–water partition coefficient (Wildman–Crippen LogP) is 4.22. The second-order valence-corrected chi connectivity index (χ2v) is 13.6. The topological polar surface area (TPSA) is 85.3 Å². The van der Waals surface area contributed by atoms with E-state index in [1.165, 1.54) is 18.4 Å². The predicted molar refractivity (Wildman–Crippen MR) is 158 cm³/mol. The summed E-state index contributed by atoms with van der Waals surface area (Å²) in [7, 11) is 0. The zero-order valence-electron chi connectivity index (χ0n) is 23.7. The van der Waals surface area contributed by atoms with Gasteiger partial charge in [-0.3, -0.25) is 14.6 Å². The maximum absolute atomic E-state index is 14.5. The van der Waals surface area contributed by atoms with E-state index < -0.39 is 28.7 Å². The number of para-hydroxylation sites is 1. The molecular formula is C35H37N3O4. The van der Waals surface area contributed by atoms with Crippen molar-refractivity contribution in [3.05, 3.63) is 89.5 Å². The Balaban J connectivity index is 1.27. The van der Waals surface area contributed by atoms with Crippen LogP contribution in [0.1, 0.15) is 48.8 Å². The highest BCUT2D eigenvalue weighted by atomic mass is 16.5. The third kappa shape index (κ3) is 3.09. The number of amides is 1. The normalized spacial score (nSPS) is 35.9. The third-order valence-corrected chi connectivity index (χ3v) is 11.7. The van der Waals surface area contributed by atoms with Crippen molar-refractivity contribution in [3.63, 3.8) is 0 Å². The number of hydrogen-bond donors (Lipinski definition) is 3. The Hall–Kier alpha value is -3.39. The van der Waals surface area contributed by atoms with Gasteiger partial charge in [0.2, 0.25) is 5.91 Å². The number of benzene rings is 3. The molecule has 1 amide bonds. The average molecular weight is 564 g/mol. The van der Waals surface area contributed by atoms with Crippen LogP contribution in [0.4, 0.5) is 5.69 Å². The summed E-state index contributed by atoms with van der Waals surface area (Å²) in [6.45, 7) is 2.58. The van der Waals surface area contributed by atoms with Gasteiger partial charge in [-0.05, 0) is 80.3 Å². The van der Waals surface area contributed by atoms with Crippen LogP contribution in [-0.4, -0.2) is 68.3 Å². The lowest BCUT2D eigenvalue weighted by Crippen LogP contribution is -2.92. The minimum Gasteiger partial charge on any atom is -0.504 e. The maximum atomic E-state index is 14.5. The summed E-state index contributed by atoms with van der Waals surface area (Å²) in [6.07, 6.45) is 4.93. The first kappa shape index (κ1) is 25.1. The number of anilines is 1. The van der Waals surface area contributed by atoms with E-state index in [9.17, 15) is 15.0 Å². The fraction of sp³-hybridized carbons (Fsp3) is 0.457. The summed E-state index contributed by atoms with van der Waals surface area (Å²) in [6, 6.07) is 23.1. The molecule has 2 spiro atoms. The van der Waals surface area contributed by atoms with Crippen LogP contribution in [0.25, 0.3) is 0 Å². The number of rotatable bonds is 6. The monoisotopic (exact) mass is 563 g/mol. The summed E-state index contributed by atoms with van der Waals surface area (Å²) in [5.41, 5.74) is 1.78. The quantitative estimate of drug-likeness (QED) is 0.417. The fourth-order valence-electron chi connectivity index (χ4n) is 10.0. The Morgan fingerprint density at radius 2 is 1.74 bits per heavy atom. The number of phenols is 1. The number of hydrogen-bond acceptors (Lipinski definition) is 6. The Kier molecular flexibility index (Phi) is 5.14. The molecule has 0 aromatic heterocycles. The lowest BCUT2D eigenvalue weighted by molar-refractivity contribution is -0.288. The van der Waals surface area contributed by atoms with Gasteiger partial charge in [0.1, 0.15) is 17.7 Å². The van der Waals surface area contributed by atoms with Crippen molar-refractivity contribution in [1.82, 2.24) is 9.80 Å². The van der Waals surface area contributed by atoms with Crippen LogP contribution in [0.3, 0.4) is 0 Å². The molecule has 3 saturated heterocycles. The van der Waals surface area contributed by atoms with E-state index in [1.807, 2.05) is 36.4 Å². The molecule has 3 aromatic rings. The van der Waals surface area contributed by atoms with Gasteiger partial charge in [0.05, 0.1) is 11.0 Å². The molecule has 42 heavy (non-hydrogen) atoms. The van der Waals surface area contributed by atoms with E-state index in [0.29, 0.717) is 24.4 Å². The lowest BCUT2D eigenvalue weighted by atomic mass is 9.40. The molecule has 4 aliphatic heterocycles. The highest BCUT2D eigenvalue weighted by molar-refractivity contribution is 5.96. The summed E-state index contributed by atoms with van der Waals surface area (Å²) < 4.78 is 6.77. The van der Waals surface area contributed by atoms with E-state index in [0.717, 1.165) is 49.4 Å². The Bertz CT molecular complexity index is 1580. The number of likely N-dealkylation sites (tertiary alicyclic amines) is 1. The van der Waals surface area contributed by atoms with Crippen LogP contribution < -0.4 is 10.1 Å². The van der Waals surface area contributed by atoms with E-state index in [2.05, 4.69) is 45.4 Å². The largest absolute Gasteiger partial charge is 0.504 e. The molecule has 0 unspecified atom stereocenters. The van der Waals surface area contributed by atoms with Crippen molar-refractivity contribution < 1.29 is 19.7 Å². The van der Waals surface area contributed by atoms with Gasteiger partial charge in [0.25, 0.3) is 0 Å². The van der Waals surface area contributed by atoms with Gasteiger partial charge in [0, 0.05) is 30.4 Å². The molecule has 5 fully saturated rings. The van der Waals surface area contributed by atoms with Gasteiger partial charge in [-0.1, -0.05) is 54.6 Å². The van der Waals surface area contributed by atoms with E-state index in [-0.39, 0.29) is 17.7 Å². The number of carbonyl (C=O) groups is 1. The number of phenolic OH excluding ortho intramolecular Hbond substituents is 1. The number of aromatic hydroxyl groups is 1. The van der Waals surface area contributed by atoms with Gasteiger partial charge < -0.3 is 20.3 Å². The van der Waals surface area contributed by atoms with Crippen LogP contribution in [0.5, 0.6) is 11.5 Å². The van der Waals surface area contributed by atoms with Crippen molar-refractivity contribution in [1.29, 1.82) is 0 Å². The Labute approximate surface area is 246 Å². The fourth-order valence-corrected chi connectivity index (χ4v) is 10.0. The van der Waals surface area contributed by atoms with Gasteiger partial charge in [-0.15, -0.1) is 0 Å². The number of piperidine rings is 3. The smallest absolute Gasteiger partial charge is 0.244 e. The number of ether oxygens (including phenoxy) is 1. The van der Waals surface area contributed by atoms with Crippen LogP contribution in [0.15, 0.2) is 72.8 Å². The van der Waals surface area contributed by atoms with Gasteiger partial charge in [0.15, 0.2) is 11.5 Å². The van der Waals surface area contributed by atoms with Crippen LogP contribution in [0.2, 0.25) is 0 Å². The van der Waals surface area contributed by atoms with Gasteiger partial charge in [-0.2, -0.15) is 0 Å². The molecule has 4 heterocycles. The minimum atomic E-state index is -1.43. The second kappa shape index (κ2) is 8.59. The molecule has 216 valence electrons. The first-order chi connectivity index (χ1) is 20.5. The zero-order chi connectivity index (χ0) is 28.3. The Morgan fingerprint density at radius 3 is 2.50 bits per heavy atom. The van der Waals surface area contributed by atoms with E-state index in [1.54, 1.807) is 6.07 Å². The number of nitrogens with one attached hydrogen (secondary N) is 1. The van der Waals surface area contributed by atoms with Crippen molar-refractivity contribution in [3.8, 4) is 11.5 Å². The molecule has 3 aliphatic carbocycles. The van der Waals surface area contributed by atoms with Gasteiger partial charge in [-0.25, -0.2) is 0 Å². The first-order valence-electron chi connectivity index (χ1n) is 15.6. The number of aliphatic hydroxyl groups is 1. The van der Waals surface area contributed by atoms with Crippen molar-refractivity contribution in [2.24, 2.45) is 5.92 Å². The molecule has 7 heteroatoms.